The fourth-order valence-electron chi connectivity index (χ4n) is 4.66. The van der Waals surface area contributed by atoms with Gasteiger partial charge in [0.05, 0.1) is 6.04 Å². The highest BCUT2D eigenvalue weighted by Gasteiger charge is 2.42. The Hall–Kier alpha value is -1.35. The molecule has 0 bridgehead atoms. The minimum Gasteiger partial charge on any atom is -0.349 e. The van der Waals surface area contributed by atoms with Gasteiger partial charge < -0.3 is 10.2 Å². The van der Waals surface area contributed by atoms with Gasteiger partial charge in [-0.05, 0) is 73.7 Å². The molecule has 2 aliphatic rings. The van der Waals surface area contributed by atoms with Crippen LogP contribution in [-0.2, 0) is 10.2 Å². The van der Waals surface area contributed by atoms with Gasteiger partial charge in [-0.1, -0.05) is 52.0 Å². The standard InChI is InChI=1S/C23H36N2O/c1-5-21(26)24-20-10-11-23(19-9-7-6-8-18(19)20)13-16-25(17-14-23)15-12-22(2,3)4/h6-9,20H,5,10-17H2,1-4H3,(H,24,26)/t20-/m0/s1. The van der Waals surface area contributed by atoms with Crippen LogP contribution >= 0.6 is 0 Å². The summed E-state index contributed by atoms with van der Waals surface area (Å²) in [6.45, 7) is 12.6. The Morgan fingerprint density at radius 1 is 1.19 bits per heavy atom. The third-order valence-electron chi connectivity index (χ3n) is 6.47. The first-order valence-corrected chi connectivity index (χ1v) is 10.4. The maximum atomic E-state index is 11.9. The van der Waals surface area contributed by atoms with Crippen molar-refractivity contribution in [1.82, 2.24) is 10.2 Å². The molecule has 3 heteroatoms. The van der Waals surface area contributed by atoms with E-state index in [-0.39, 0.29) is 11.9 Å². The highest BCUT2D eigenvalue weighted by Crippen LogP contribution is 2.48. The van der Waals surface area contributed by atoms with Crippen molar-refractivity contribution < 1.29 is 4.79 Å². The van der Waals surface area contributed by atoms with E-state index in [1.54, 1.807) is 0 Å². The molecular formula is C23H36N2O. The van der Waals surface area contributed by atoms with E-state index in [0.717, 1.165) is 6.42 Å². The van der Waals surface area contributed by atoms with Crippen molar-refractivity contribution in [3.63, 3.8) is 0 Å². The number of carbonyl (C=O) groups excluding carboxylic acids is 1. The minimum atomic E-state index is 0.165. The van der Waals surface area contributed by atoms with Gasteiger partial charge >= 0.3 is 0 Å². The number of nitrogens with zero attached hydrogens (tertiary/aromatic N) is 1. The van der Waals surface area contributed by atoms with Crippen LogP contribution in [0.15, 0.2) is 24.3 Å². The van der Waals surface area contributed by atoms with Crippen LogP contribution in [0.2, 0.25) is 0 Å². The molecule has 1 spiro atoms. The van der Waals surface area contributed by atoms with Crippen molar-refractivity contribution in [2.45, 2.75) is 77.7 Å². The predicted octanol–water partition coefficient (Wildman–Crippen LogP) is 4.82. The van der Waals surface area contributed by atoms with Crippen LogP contribution in [0.3, 0.4) is 0 Å². The number of rotatable bonds is 4. The molecule has 3 nitrogen and oxygen atoms in total. The molecule has 1 heterocycles. The van der Waals surface area contributed by atoms with Gasteiger partial charge in [-0.2, -0.15) is 0 Å². The summed E-state index contributed by atoms with van der Waals surface area (Å²) in [5, 5.41) is 3.24. The summed E-state index contributed by atoms with van der Waals surface area (Å²) in [6, 6.07) is 9.06. The zero-order valence-corrected chi connectivity index (χ0v) is 17.1. The summed E-state index contributed by atoms with van der Waals surface area (Å²) in [6.07, 6.45) is 6.61. The monoisotopic (exact) mass is 356 g/mol. The van der Waals surface area contributed by atoms with E-state index in [4.69, 9.17) is 0 Å². The second-order valence-corrected chi connectivity index (χ2v) is 9.53. The molecule has 0 unspecified atom stereocenters. The third kappa shape index (κ3) is 4.31. The number of nitrogens with one attached hydrogen (secondary N) is 1. The summed E-state index contributed by atoms with van der Waals surface area (Å²) in [5.41, 5.74) is 3.60. The van der Waals surface area contributed by atoms with Gasteiger partial charge in [0, 0.05) is 6.42 Å². The van der Waals surface area contributed by atoms with Crippen LogP contribution in [0.4, 0.5) is 0 Å². The SMILES string of the molecule is CCC(=O)N[C@H]1CCC2(CCN(CCC(C)(C)C)CC2)c2ccccc21. The van der Waals surface area contributed by atoms with Gasteiger partial charge in [0.25, 0.3) is 0 Å². The molecule has 26 heavy (non-hydrogen) atoms. The Kier molecular flexibility index (Phi) is 5.76. The molecule has 1 amide bonds. The number of hydrogen-bond acceptors (Lipinski definition) is 2. The van der Waals surface area contributed by atoms with Gasteiger partial charge in [0.15, 0.2) is 0 Å². The van der Waals surface area contributed by atoms with Gasteiger partial charge in [-0.25, -0.2) is 0 Å². The van der Waals surface area contributed by atoms with Crippen molar-refractivity contribution in [2.24, 2.45) is 5.41 Å². The van der Waals surface area contributed by atoms with Crippen LogP contribution in [0.25, 0.3) is 0 Å². The van der Waals surface area contributed by atoms with E-state index in [0.29, 0.717) is 17.3 Å². The first-order valence-electron chi connectivity index (χ1n) is 10.4. The van der Waals surface area contributed by atoms with Gasteiger partial charge in [-0.15, -0.1) is 0 Å². The van der Waals surface area contributed by atoms with E-state index in [9.17, 15) is 4.79 Å². The number of benzene rings is 1. The summed E-state index contributed by atoms with van der Waals surface area (Å²) < 4.78 is 0. The third-order valence-corrected chi connectivity index (χ3v) is 6.47. The van der Waals surface area contributed by atoms with Crippen molar-refractivity contribution in [2.75, 3.05) is 19.6 Å². The van der Waals surface area contributed by atoms with E-state index < -0.39 is 0 Å². The van der Waals surface area contributed by atoms with E-state index in [1.165, 1.54) is 56.4 Å². The Labute approximate surface area is 159 Å². The van der Waals surface area contributed by atoms with Crippen molar-refractivity contribution in [1.29, 1.82) is 0 Å². The van der Waals surface area contributed by atoms with Crippen molar-refractivity contribution in [3.8, 4) is 0 Å². The second-order valence-electron chi connectivity index (χ2n) is 9.53. The van der Waals surface area contributed by atoms with Gasteiger partial charge in [-0.3, -0.25) is 4.79 Å². The minimum absolute atomic E-state index is 0.165. The summed E-state index contributed by atoms with van der Waals surface area (Å²) >= 11 is 0. The van der Waals surface area contributed by atoms with Crippen LogP contribution in [0.1, 0.15) is 83.4 Å². The lowest BCUT2D eigenvalue weighted by Crippen LogP contribution is -2.46. The molecule has 0 radical (unpaired) electrons. The Morgan fingerprint density at radius 2 is 1.88 bits per heavy atom. The Bertz CT molecular complexity index is 623. The fourth-order valence-corrected chi connectivity index (χ4v) is 4.66. The number of amides is 1. The maximum absolute atomic E-state index is 11.9. The van der Waals surface area contributed by atoms with Crippen molar-refractivity contribution in [3.05, 3.63) is 35.4 Å². The molecule has 1 aliphatic heterocycles. The topological polar surface area (TPSA) is 32.3 Å². The molecule has 144 valence electrons. The molecule has 1 fully saturated rings. The number of carbonyl (C=O) groups is 1. The molecule has 1 atom stereocenters. The summed E-state index contributed by atoms with van der Waals surface area (Å²) in [7, 11) is 0. The molecule has 1 aromatic rings. The van der Waals surface area contributed by atoms with Crippen LogP contribution in [-0.4, -0.2) is 30.4 Å². The largest absolute Gasteiger partial charge is 0.349 e. The number of likely N-dealkylation sites (tertiary alicyclic amines) is 1. The van der Waals surface area contributed by atoms with E-state index in [1.807, 2.05) is 6.92 Å². The lowest BCUT2D eigenvalue weighted by atomic mass is 9.63. The predicted molar refractivity (Wildman–Crippen MR) is 108 cm³/mol. The molecular weight excluding hydrogens is 320 g/mol. The van der Waals surface area contributed by atoms with Crippen LogP contribution < -0.4 is 5.32 Å². The number of piperidine rings is 1. The highest BCUT2D eigenvalue weighted by atomic mass is 16.1. The zero-order valence-electron chi connectivity index (χ0n) is 17.1. The van der Waals surface area contributed by atoms with Gasteiger partial charge in [0.2, 0.25) is 5.91 Å². The molecule has 1 aliphatic carbocycles. The first kappa shape index (κ1) is 19.4. The van der Waals surface area contributed by atoms with Crippen molar-refractivity contribution >= 4 is 5.91 Å². The average Bonchev–Trinajstić information content (AvgIpc) is 2.63. The lowest BCUT2D eigenvalue weighted by molar-refractivity contribution is -0.121. The van der Waals surface area contributed by atoms with E-state index in [2.05, 4.69) is 55.3 Å². The molecule has 1 N–H and O–H groups in total. The number of hydrogen-bond donors (Lipinski definition) is 1. The molecule has 0 aromatic heterocycles. The summed E-state index contributed by atoms with van der Waals surface area (Å²) in [5.74, 6) is 0.165. The Balaban J connectivity index is 1.71. The van der Waals surface area contributed by atoms with E-state index >= 15 is 0 Å². The molecule has 3 rings (SSSR count). The number of fused-ring (bicyclic) bond motifs is 2. The average molecular weight is 357 g/mol. The fraction of sp³-hybridized carbons (Fsp3) is 0.696. The Morgan fingerprint density at radius 3 is 2.54 bits per heavy atom. The molecule has 1 saturated heterocycles. The molecule has 0 saturated carbocycles. The quantitative estimate of drug-likeness (QED) is 0.839. The molecule has 1 aromatic carbocycles. The highest BCUT2D eigenvalue weighted by molar-refractivity contribution is 5.76. The smallest absolute Gasteiger partial charge is 0.220 e. The second kappa shape index (κ2) is 7.72. The zero-order chi connectivity index (χ0) is 18.8. The first-order chi connectivity index (χ1) is 12.3. The van der Waals surface area contributed by atoms with Crippen LogP contribution in [0.5, 0.6) is 0 Å². The summed E-state index contributed by atoms with van der Waals surface area (Å²) in [4.78, 5) is 14.6. The normalized spacial score (nSPS) is 22.8. The maximum Gasteiger partial charge on any atom is 0.220 e. The lowest BCUT2D eigenvalue weighted by Gasteiger charge is -2.47. The van der Waals surface area contributed by atoms with Crippen LogP contribution in [0, 0.1) is 5.41 Å². The van der Waals surface area contributed by atoms with Gasteiger partial charge in [0.1, 0.15) is 0 Å².